The number of hydrogen-bond donors (Lipinski definition) is 3. The Morgan fingerprint density at radius 3 is 2.79 bits per heavy atom. The maximum absolute atomic E-state index is 11.7. The average molecular weight is 278 g/mol. The Morgan fingerprint density at radius 1 is 1.47 bits per heavy atom. The van der Waals surface area contributed by atoms with Gasteiger partial charge in [-0.3, -0.25) is 4.79 Å². The zero-order valence-corrected chi connectivity index (χ0v) is 11.5. The van der Waals surface area contributed by atoms with Gasteiger partial charge in [0.15, 0.2) is 0 Å². The highest BCUT2D eigenvalue weighted by Gasteiger charge is 2.13. The van der Waals surface area contributed by atoms with E-state index in [1.165, 1.54) is 0 Å². The predicted molar refractivity (Wildman–Crippen MR) is 79.0 cm³/mol. The van der Waals surface area contributed by atoms with E-state index in [9.17, 15) is 4.79 Å². The second kappa shape index (κ2) is 8.46. The number of carbonyl (C=O) groups excluding carboxylic acids is 1. The summed E-state index contributed by atoms with van der Waals surface area (Å²) in [4.78, 5) is 11.7. The van der Waals surface area contributed by atoms with Crippen LogP contribution in [0, 0.1) is 12.3 Å². The molecule has 5 heteroatoms. The topological polar surface area (TPSA) is 75.4 Å². The molecule has 0 aromatic heterocycles. The number of nitrogens with two attached hydrogens (primary N) is 1. The smallest absolute Gasteiger partial charge is 0.237 e. The summed E-state index contributed by atoms with van der Waals surface area (Å²) in [5.41, 5.74) is 6.73. The molecule has 102 valence electrons. The van der Waals surface area contributed by atoms with Crippen molar-refractivity contribution in [3.63, 3.8) is 0 Å². The number of amides is 1. The summed E-state index contributed by atoms with van der Waals surface area (Å²) in [6.45, 7) is 0.564. The molecule has 1 unspecified atom stereocenters. The van der Waals surface area contributed by atoms with Crippen molar-refractivity contribution in [1.82, 2.24) is 5.32 Å². The lowest BCUT2D eigenvalue weighted by Gasteiger charge is -2.12. The Bertz CT molecular complexity index is 440. The van der Waals surface area contributed by atoms with Crippen molar-refractivity contribution in [2.24, 2.45) is 5.73 Å². The second-order valence-corrected chi connectivity index (χ2v) is 5.13. The number of aromatic hydroxyl groups is 1. The van der Waals surface area contributed by atoms with Crippen LogP contribution >= 0.6 is 11.8 Å². The van der Waals surface area contributed by atoms with Crippen LogP contribution in [0.2, 0.25) is 0 Å². The lowest BCUT2D eigenvalue weighted by atomic mass is 10.1. The minimum atomic E-state index is -0.581. The molecular formula is C14H18N2O2S. The Morgan fingerprint density at radius 2 is 2.16 bits per heavy atom. The van der Waals surface area contributed by atoms with Crippen LogP contribution in [-0.4, -0.2) is 35.1 Å². The van der Waals surface area contributed by atoms with Crippen molar-refractivity contribution < 1.29 is 9.90 Å². The van der Waals surface area contributed by atoms with Crippen LogP contribution in [0.25, 0.3) is 0 Å². The van der Waals surface area contributed by atoms with Crippen molar-refractivity contribution in [3.8, 4) is 18.1 Å². The van der Waals surface area contributed by atoms with Gasteiger partial charge in [0.2, 0.25) is 5.91 Å². The SMILES string of the molecule is C#CCSCCNC(=O)C(N)Cc1ccc(O)cc1. The van der Waals surface area contributed by atoms with Crippen LogP contribution in [0.3, 0.4) is 0 Å². The molecule has 0 spiro atoms. The fourth-order valence-corrected chi connectivity index (χ4v) is 2.00. The molecule has 4 N–H and O–H groups in total. The highest BCUT2D eigenvalue weighted by atomic mass is 32.2. The van der Waals surface area contributed by atoms with Crippen molar-refractivity contribution >= 4 is 17.7 Å². The summed E-state index contributed by atoms with van der Waals surface area (Å²) in [6.07, 6.45) is 5.57. The molecule has 4 nitrogen and oxygen atoms in total. The summed E-state index contributed by atoms with van der Waals surface area (Å²) in [5, 5.41) is 11.9. The third-order valence-corrected chi connectivity index (χ3v) is 3.32. The third-order valence-electron chi connectivity index (χ3n) is 2.46. The first-order chi connectivity index (χ1) is 9.13. The zero-order valence-electron chi connectivity index (χ0n) is 10.6. The van der Waals surface area contributed by atoms with E-state index in [0.717, 1.165) is 11.3 Å². The molecule has 0 aliphatic carbocycles. The summed E-state index contributed by atoms with van der Waals surface area (Å²) in [7, 11) is 0. The minimum absolute atomic E-state index is 0.172. The maximum Gasteiger partial charge on any atom is 0.237 e. The van der Waals surface area contributed by atoms with Crippen LogP contribution in [0.5, 0.6) is 5.75 Å². The average Bonchev–Trinajstić information content (AvgIpc) is 2.41. The van der Waals surface area contributed by atoms with Gasteiger partial charge in [-0.1, -0.05) is 18.1 Å². The van der Waals surface area contributed by atoms with Gasteiger partial charge in [0.25, 0.3) is 0 Å². The van der Waals surface area contributed by atoms with Crippen molar-refractivity contribution in [3.05, 3.63) is 29.8 Å². The molecule has 0 fully saturated rings. The van der Waals surface area contributed by atoms with Crippen molar-refractivity contribution in [2.75, 3.05) is 18.1 Å². The molecular weight excluding hydrogens is 260 g/mol. The third kappa shape index (κ3) is 6.18. The lowest BCUT2D eigenvalue weighted by Crippen LogP contribution is -2.42. The van der Waals surface area contributed by atoms with Crippen LogP contribution in [0.15, 0.2) is 24.3 Å². The predicted octanol–water partition coefficient (Wildman–Crippen LogP) is 0.745. The van der Waals surface area contributed by atoms with Crippen LogP contribution in [0.4, 0.5) is 0 Å². The monoisotopic (exact) mass is 278 g/mol. The van der Waals surface area contributed by atoms with E-state index in [0.29, 0.717) is 18.7 Å². The van der Waals surface area contributed by atoms with E-state index in [1.54, 1.807) is 36.0 Å². The molecule has 1 aromatic carbocycles. The van der Waals surface area contributed by atoms with Crippen LogP contribution < -0.4 is 11.1 Å². The standard InChI is InChI=1S/C14H18N2O2S/c1-2-8-19-9-7-16-14(18)13(15)10-11-3-5-12(17)6-4-11/h1,3-6,13,17H,7-10,15H2,(H,16,18). The van der Waals surface area contributed by atoms with E-state index in [1.807, 2.05) is 0 Å². The largest absolute Gasteiger partial charge is 0.508 e. The van der Waals surface area contributed by atoms with Gasteiger partial charge in [-0.15, -0.1) is 18.2 Å². The fourth-order valence-electron chi connectivity index (χ4n) is 1.49. The number of rotatable bonds is 7. The van der Waals surface area contributed by atoms with Gasteiger partial charge in [0.1, 0.15) is 5.75 Å². The molecule has 0 heterocycles. The molecule has 19 heavy (non-hydrogen) atoms. The minimum Gasteiger partial charge on any atom is -0.508 e. The van der Waals surface area contributed by atoms with Crippen LogP contribution in [0.1, 0.15) is 5.56 Å². The van der Waals surface area contributed by atoms with Gasteiger partial charge in [-0.25, -0.2) is 0 Å². The molecule has 1 atom stereocenters. The second-order valence-electron chi connectivity index (χ2n) is 4.02. The van der Waals surface area contributed by atoms with Gasteiger partial charge in [-0.05, 0) is 24.1 Å². The van der Waals surface area contributed by atoms with E-state index in [-0.39, 0.29) is 11.7 Å². The number of carbonyl (C=O) groups is 1. The molecule has 1 amide bonds. The van der Waals surface area contributed by atoms with E-state index in [2.05, 4.69) is 11.2 Å². The van der Waals surface area contributed by atoms with Gasteiger partial charge < -0.3 is 16.2 Å². The van der Waals surface area contributed by atoms with Crippen molar-refractivity contribution in [1.29, 1.82) is 0 Å². The number of thioether (sulfide) groups is 1. The molecule has 0 bridgehead atoms. The number of hydrogen-bond acceptors (Lipinski definition) is 4. The first kappa shape index (κ1) is 15.4. The number of phenolic OH excluding ortho intramolecular Hbond substituents is 1. The van der Waals surface area contributed by atoms with Gasteiger partial charge in [0, 0.05) is 12.3 Å². The highest BCUT2D eigenvalue weighted by Crippen LogP contribution is 2.10. The first-order valence-corrected chi connectivity index (χ1v) is 7.11. The Labute approximate surface area is 117 Å². The molecule has 1 aromatic rings. The Kier molecular flexibility index (Phi) is 6.86. The number of phenols is 1. The Balaban J connectivity index is 2.28. The zero-order chi connectivity index (χ0) is 14.1. The van der Waals surface area contributed by atoms with E-state index < -0.39 is 6.04 Å². The first-order valence-electron chi connectivity index (χ1n) is 5.96. The van der Waals surface area contributed by atoms with Gasteiger partial charge >= 0.3 is 0 Å². The highest BCUT2D eigenvalue weighted by molar-refractivity contribution is 7.99. The van der Waals surface area contributed by atoms with Gasteiger partial charge in [0.05, 0.1) is 11.8 Å². The van der Waals surface area contributed by atoms with Crippen molar-refractivity contribution in [2.45, 2.75) is 12.5 Å². The number of benzene rings is 1. The summed E-state index contributed by atoms with van der Waals surface area (Å²) >= 11 is 1.59. The summed E-state index contributed by atoms with van der Waals surface area (Å²) < 4.78 is 0. The van der Waals surface area contributed by atoms with Crippen LogP contribution in [-0.2, 0) is 11.2 Å². The Hall–Kier alpha value is -1.64. The van der Waals surface area contributed by atoms with E-state index in [4.69, 9.17) is 17.3 Å². The normalized spacial score (nSPS) is 11.6. The molecule has 0 saturated heterocycles. The summed E-state index contributed by atoms with van der Waals surface area (Å²) in [6, 6.07) is 6.09. The lowest BCUT2D eigenvalue weighted by molar-refractivity contribution is -0.122. The number of nitrogens with one attached hydrogen (secondary N) is 1. The molecule has 1 rings (SSSR count). The fraction of sp³-hybridized carbons (Fsp3) is 0.357. The summed E-state index contributed by atoms with van der Waals surface area (Å²) in [5.74, 6) is 3.98. The maximum atomic E-state index is 11.7. The van der Waals surface area contributed by atoms with E-state index >= 15 is 0 Å². The van der Waals surface area contributed by atoms with Gasteiger partial charge in [-0.2, -0.15) is 0 Å². The quantitative estimate of drug-likeness (QED) is 0.508. The molecule has 0 saturated carbocycles. The number of terminal acetylenes is 1. The molecule has 0 aliphatic rings. The molecule has 0 radical (unpaired) electrons. The molecule has 0 aliphatic heterocycles.